The lowest BCUT2D eigenvalue weighted by molar-refractivity contribution is -0.138. The number of rotatable bonds is 8. The van der Waals surface area contributed by atoms with E-state index in [9.17, 15) is 9.59 Å². The molecule has 0 atom stereocenters. The number of hydrogen-bond donors (Lipinski definition) is 2. The van der Waals surface area contributed by atoms with Crippen LogP contribution in [0.4, 0.5) is 4.79 Å². The van der Waals surface area contributed by atoms with Crippen LogP contribution < -0.4 is 5.32 Å². The van der Waals surface area contributed by atoms with Crippen molar-refractivity contribution >= 4 is 12.0 Å². The number of nitrogens with zero attached hydrogens (tertiary/aromatic N) is 2. The SMILES string of the molecule is CCCN(CCN(C)C)C(=O)NC(C)(C)CC(=O)O. The van der Waals surface area contributed by atoms with Crippen molar-refractivity contribution in [1.29, 1.82) is 0 Å². The minimum Gasteiger partial charge on any atom is -0.481 e. The maximum atomic E-state index is 12.1. The first-order valence-electron chi connectivity index (χ1n) is 6.61. The third-order valence-corrected chi connectivity index (χ3v) is 2.64. The number of carboxylic acids is 1. The van der Waals surface area contributed by atoms with E-state index in [4.69, 9.17) is 5.11 Å². The van der Waals surface area contributed by atoms with Gasteiger partial charge in [-0.3, -0.25) is 4.79 Å². The predicted molar refractivity (Wildman–Crippen MR) is 75.3 cm³/mol. The molecule has 0 aromatic heterocycles. The normalized spacial score (nSPS) is 11.5. The number of urea groups is 1. The van der Waals surface area contributed by atoms with E-state index in [1.54, 1.807) is 18.7 Å². The fourth-order valence-corrected chi connectivity index (χ4v) is 1.70. The largest absolute Gasteiger partial charge is 0.481 e. The van der Waals surface area contributed by atoms with Crippen molar-refractivity contribution in [2.24, 2.45) is 0 Å². The van der Waals surface area contributed by atoms with Gasteiger partial charge in [0.2, 0.25) is 0 Å². The molecule has 0 saturated carbocycles. The molecular weight excluding hydrogens is 246 g/mol. The number of nitrogens with one attached hydrogen (secondary N) is 1. The summed E-state index contributed by atoms with van der Waals surface area (Å²) in [5.74, 6) is -0.916. The van der Waals surface area contributed by atoms with E-state index in [1.807, 2.05) is 25.9 Å². The van der Waals surface area contributed by atoms with Gasteiger partial charge in [0, 0.05) is 25.2 Å². The molecule has 0 aromatic rings. The minimum absolute atomic E-state index is 0.0909. The number of carboxylic acid groups (broad SMARTS) is 1. The Labute approximate surface area is 115 Å². The molecule has 0 rings (SSSR count). The summed E-state index contributed by atoms with van der Waals surface area (Å²) in [5.41, 5.74) is -0.743. The third-order valence-electron chi connectivity index (χ3n) is 2.64. The average molecular weight is 273 g/mol. The highest BCUT2D eigenvalue weighted by Crippen LogP contribution is 2.09. The molecule has 0 bridgehead atoms. The summed E-state index contributed by atoms with van der Waals surface area (Å²) in [6.45, 7) is 7.54. The smallest absolute Gasteiger partial charge is 0.317 e. The second-order valence-electron chi connectivity index (χ2n) is 5.67. The molecule has 0 aliphatic rings. The summed E-state index contributed by atoms with van der Waals surface area (Å²) in [4.78, 5) is 26.6. The number of carbonyl (C=O) groups is 2. The fraction of sp³-hybridized carbons (Fsp3) is 0.846. The van der Waals surface area contributed by atoms with Crippen LogP contribution in [0.25, 0.3) is 0 Å². The Balaban J connectivity index is 4.49. The van der Waals surface area contributed by atoms with Crippen molar-refractivity contribution in [3.05, 3.63) is 0 Å². The number of amides is 2. The maximum absolute atomic E-state index is 12.1. The molecule has 0 fully saturated rings. The fourth-order valence-electron chi connectivity index (χ4n) is 1.70. The highest BCUT2D eigenvalue weighted by Gasteiger charge is 2.26. The summed E-state index contributed by atoms with van der Waals surface area (Å²) in [7, 11) is 3.91. The van der Waals surface area contributed by atoms with Crippen LogP contribution in [0.1, 0.15) is 33.6 Å². The van der Waals surface area contributed by atoms with E-state index in [0.29, 0.717) is 13.1 Å². The van der Waals surface area contributed by atoms with Crippen molar-refractivity contribution in [1.82, 2.24) is 15.1 Å². The lowest BCUT2D eigenvalue weighted by atomic mass is 10.0. The molecule has 0 unspecified atom stereocenters. The van der Waals surface area contributed by atoms with Crippen molar-refractivity contribution < 1.29 is 14.7 Å². The molecule has 0 aliphatic carbocycles. The van der Waals surface area contributed by atoms with Gasteiger partial charge < -0.3 is 20.2 Å². The average Bonchev–Trinajstić information content (AvgIpc) is 2.20. The molecule has 19 heavy (non-hydrogen) atoms. The number of aliphatic carboxylic acids is 1. The van der Waals surface area contributed by atoms with Gasteiger partial charge in [-0.05, 0) is 34.4 Å². The first-order chi connectivity index (χ1) is 8.68. The van der Waals surface area contributed by atoms with E-state index in [1.165, 1.54) is 0 Å². The van der Waals surface area contributed by atoms with Gasteiger partial charge in [-0.1, -0.05) is 6.92 Å². The van der Waals surface area contributed by atoms with Gasteiger partial charge in [0.05, 0.1) is 6.42 Å². The predicted octanol–water partition coefficient (Wildman–Crippen LogP) is 1.22. The van der Waals surface area contributed by atoms with Crippen LogP contribution in [0.3, 0.4) is 0 Å². The van der Waals surface area contributed by atoms with Crippen molar-refractivity contribution in [3.63, 3.8) is 0 Å². The molecule has 0 spiro atoms. The van der Waals surface area contributed by atoms with Crippen LogP contribution in [0.2, 0.25) is 0 Å². The summed E-state index contributed by atoms with van der Waals surface area (Å²) in [6.07, 6.45) is 0.784. The van der Waals surface area contributed by atoms with Crippen LogP contribution in [0.5, 0.6) is 0 Å². The molecule has 6 nitrogen and oxygen atoms in total. The Hall–Kier alpha value is -1.30. The number of carbonyl (C=O) groups excluding carboxylic acids is 1. The van der Waals surface area contributed by atoms with Gasteiger partial charge in [0.15, 0.2) is 0 Å². The standard InChI is InChI=1S/C13H27N3O3/c1-6-7-16(9-8-15(4)5)12(19)14-13(2,3)10-11(17)18/h6-10H2,1-5H3,(H,14,19)(H,17,18). The van der Waals surface area contributed by atoms with E-state index < -0.39 is 11.5 Å². The topological polar surface area (TPSA) is 72.9 Å². The molecule has 0 radical (unpaired) electrons. The summed E-state index contributed by atoms with van der Waals surface area (Å²) in [6, 6.07) is -0.199. The molecule has 112 valence electrons. The van der Waals surface area contributed by atoms with E-state index >= 15 is 0 Å². The first-order valence-corrected chi connectivity index (χ1v) is 6.61. The van der Waals surface area contributed by atoms with Gasteiger partial charge in [0.25, 0.3) is 0 Å². The second kappa shape index (κ2) is 7.99. The first kappa shape index (κ1) is 17.7. The Bertz CT molecular complexity index is 304. The number of likely N-dealkylation sites (N-methyl/N-ethyl adjacent to an activating group) is 1. The lowest BCUT2D eigenvalue weighted by Crippen LogP contribution is -2.52. The molecular formula is C13H27N3O3. The monoisotopic (exact) mass is 273 g/mol. The van der Waals surface area contributed by atoms with Gasteiger partial charge in [-0.15, -0.1) is 0 Å². The van der Waals surface area contributed by atoms with Gasteiger partial charge in [-0.2, -0.15) is 0 Å². The highest BCUT2D eigenvalue weighted by molar-refractivity contribution is 5.76. The van der Waals surface area contributed by atoms with Gasteiger partial charge in [0.1, 0.15) is 0 Å². The molecule has 2 amide bonds. The Morgan fingerprint density at radius 3 is 2.16 bits per heavy atom. The van der Waals surface area contributed by atoms with E-state index in [0.717, 1.165) is 13.0 Å². The van der Waals surface area contributed by atoms with Crippen LogP contribution in [0.15, 0.2) is 0 Å². The zero-order chi connectivity index (χ0) is 15.1. The molecule has 0 aliphatic heterocycles. The maximum Gasteiger partial charge on any atom is 0.317 e. The summed E-state index contributed by atoms with van der Waals surface area (Å²) >= 11 is 0. The molecule has 0 aromatic carbocycles. The third kappa shape index (κ3) is 8.42. The molecule has 2 N–H and O–H groups in total. The highest BCUT2D eigenvalue weighted by atomic mass is 16.4. The Kier molecular flexibility index (Phi) is 7.44. The zero-order valence-corrected chi connectivity index (χ0v) is 12.7. The van der Waals surface area contributed by atoms with Crippen molar-refractivity contribution in [3.8, 4) is 0 Å². The molecule has 6 heteroatoms. The molecule has 0 saturated heterocycles. The second-order valence-corrected chi connectivity index (χ2v) is 5.67. The van der Waals surface area contributed by atoms with Crippen LogP contribution in [-0.2, 0) is 4.79 Å². The van der Waals surface area contributed by atoms with Crippen LogP contribution in [-0.4, -0.2) is 66.2 Å². The van der Waals surface area contributed by atoms with Crippen LogP contribution in [0, 0.1) is 0 Å². The van der Waals surface area contributed by atoms with Crippen LogP contribution >= 0.6 is 0 Å². The number of hydrogen-bond acceptors (Lipinski definition) is 3. The van der Waals surface area contributed by atoms with Crippen molar-refractivity contribution in [2.75, 3.05) is 33.7 Å². The summed E-state index contributed by atoms with van der Waals surface area (Å²) < 4.78 is 0. The van der Waals surface area contributed by atoms with Gasteiger partial charge in [-0.25, -0.2) is 4.79 Å². The van der Waals surface area contributed by atoms with E-state index in [-0.39, 0.29) is 12.5 Å². The van der Waals surface area contributed by atoms with E-state index in [2.05, 4.69) is 5.32 Å². The Morgan fingerprint density at radius 2 is 1.74 bits per heavy atom. The Morgan fingerprint density at radius 1 is 1.16 bits per heavy atom. The quantitative estimate of drug-likeness (QED) is 0.697. The molecule has 0 heterocycles. The minimum atomic E-state index is -0.916. The zero-order valence-electron chi connectivity index (χ0n) is 12.7. The summed E-state index contributed by atoms with van der Waals surface area (Å²) in [5, 5.41) is 11.6. The van der Waals surface area contributed by atoms with Crippen molar-refractivity contribution in [2.45, 2.75) is 39.2 Å². The van der Waals surface area contributed by atoms with Gasteiger partial charge >= 0.3 is 12.0 Å². The lowest BCUT2D eigenvalue weighted by Gasteiger charge is -2.30.